The second-order valence-electron chi connectivity index (χ2n) is 5.47. The largest absolute Gasteiger partial charge is 0.461 e. The first-order chi connectivity index (χ1) is 9.79. The smallest absolute Gasteiger partial charge is 0.358 e. The molecular formula is C14H22N4O2. The highest BCUT2D eigenvalue weighted by atomic mass is 16.5. The van der Waals surface area contributed by atoms with Gasteiger partial charge in [-0.2, -0.15) is 5.10 Å². The summed E-state index contributed by atoms with van der Waals surface area (Å²) in [5.41, 5.74) is 0.407. The number of aromatic nitrogens is 2. The van der Waals surface area contributed by atoms with Gasteiger partial charge in [0.2, 0.25) is 0 Å². The minimum Gasteiger partial charge on any atom is -0.461 e. The highest BCUT2D eigenvalue weighted by Crippen LogP contribution is 2.33. The maximum absolute atomic E-state index is 11.8. The van der Waals surface area contributed by atoms with E-state index in [1.807, 2.05) is 11.6 Å². The molecular weight excluding hydrogens is 256 g/mol. The van der Waals surface area contributed by atoms with E-state index >= 15 is 0 Å². The van der Waals surface area contributed by atoms with E-state index in [1.165, 1.54) is 12.8 Å². The summed E-state index contributed by atoms with van der Waals surface area (Å²) in [7, 11) is 0. The van der Waals surface area contributed by atoms with Crippen LogP contribution in [-0.4, -0.2) is 42.0 Å². The average molecular weight is 278 g/mol. The van der Waals surface area contributed by atoms with Crippen LogP contribution in [0.5, 0.6) is 0 Å². The van der Waals surface area contributed by atoms with Crippen LogP contribution < -0.4 is 10.6 Å². The van der Waals surface area contributed by atoms with Crippen molar-refractivity contribution in [1.29, 1.82) is 0 Å². The molecule has 0 saturated carbocycles. The van der Waals surface area contributed by atoms with Crippen LogP contribution in [0, 0.1) is 5.92 Å². The summed E-state index contributed by atoms with van der Waals surface area (Å²) in [5.74, 6) is 1.20. The van der Waals surface area contributed by atoms with Gasteiger partial charge in [-0.05, 0) is 45.2 Å². The Kier molecular flexibility index (Phi) is 3.91. The van der Waals surface area contributed by atoms with Crippen LogP contribution in [0.3, 0.4) is 0 Å². The van der Waals surface area contributed by atoms with Crippen LogP contribution in [0.25, 0.3) is 0 Å². The zero-order valence-electron chi connectivity index (χ0n) is 11.9. The van der Waals surface area contributed by atoms with Crippen LogP contribution in [-0.2, 0) is 4.74 Å². The SMILES string of the molecule is CCOC(=O)c1cc2n(n1)C(C1CCCNC1)CCN2. The van der Waals surface area contributed by atoms with Crippen molar-refractivity contribution < 1.29 is 9.53 Å². The lowest BCUT2D eigenvalue weighted by atomic mass is 9.89. The van der Waals surface area contributed by atoms with Gasteiger partial charge in [0.15, 0.2) is 5.69 Å². The second kappa shape index (κ2) is 5.83. The number of ether oxygens (including phenoxy) is 1. The molecule has 0 aromatic carbocycles. The molecule has 0 bridgehead atoms. The molecule has 1 aromatic rings. The van der Waals surface area contributed by atoms with Gasteiger partial charge in [0.05, 0.1) is 12.6 Å². The Hall–Kier alpha value is -1.56. The molecule has 0 aliphatic carbocycles. The van der Waals surface area contributed by atoms with Crippen molar-refractivity contribution in [2.45, 2.75) is 32.2 Å². The number of carbonyl (C=O) groups is 1. The van der Waals surface area contributed by atoms with Crippen molar-refractivity contribution >= 4 is 11.8 Å². The molecule has 3 heterocycles. The number of esters is 1. The summed E-state index contributed by atoms with van der Waals surface area (Å²) in [5, 5.41) is 11.3. The summed E-state index contributed by atoms with van der Waals surface area (Å²) in [4.78, 5) is 11.8. The van der Waals surface area contributed by atoms with E-state index in [-0.39, 0.29) is 5.97 Å². The van der Waals surface area contributed by atoms with Crippen LogP contribution >= 0.6 is 0 Å². The van der Waals surface area contributed by atoms with Gasteiger partial charge in [0.25, 0.3) is 0 Å². The number of hydrogen-bond donors (Lipinski definition) is 2. The summed E-state index contributed by atoms with van der Waals surface area (Å²) >= 11 is 0. The summed E-state index contributed by atoms with van der Waals surface area (Å²) in [6.07, 6.45) is 3.50. The molecule has 6 heteroatoms. The van der Waals surface area contributed by atoms with Gasteiger partial charge in [-0.3, -0.25) is 0 Å². The molecule has 6 nitrogen and oxygen atoms in total. The van der Waals surface area contributed by atoms with Crippen LogP contribution in [0.4, 0.5) is 5.82 Å². The van der Waals surface area contributed by atoms with E-state index < -0.39 is 0 Å². The Morgan fingerprint density at radius 2 is 2.40 bits per heavy atom. The lowest BCUT2D eigenvalue weighted by molar-refractivity contribution is 0.0517. The Labute approximate surface area is 118 Å². The molecule has 2 aliphatic heterocycles. The fraction of sp³-hybridized carbons (Fsp3) is 0.714. The van der Waals surface area contributed by atoms with Crippen LogP contribution in [0.2, 0.25) is 0 Å². The zero-order valence-corrected chi connectivity index (χ0v) is 11.9. The van der Waals surface area contributed by atoms with Crippen molar-refractivity contribution in [3.05, 3.63) is 11.8 Å². The third-order valence-corrected chi connectivity index (χ3v) is 4.16. The molecule has 2 atom stereocenters. The first-order valence-corrected chi connectivity index (χ1v) is 7.51. The number of rotatable bonds is 3. The number of piperidine rings is 1. The van der Waals surface area contributed by atoms with Gasteiger partial charge >= 0.3 is 5.97 Å². The van der Waals surface area contributed by atoms with E-state index in [0.717, 1.165) is 31.9 Å². The third kappa shape index (κ3) is 2.52. The maximum Gasteiger partial charge on any atom is 0.358 e. The van der Waals surface area contributed by atoms with E-state index in [0.29, 0.717) is 24.3 Å². The molecule has 1 aromatic heterocycles. The molecule has 110 valence electrons. The molecule has 0 amide bonds. The number of carbonyl (C=O) groups excluding carboxylic acids is 1. The Morgan fingerprint density at radius 1 is 1.50 bits per heavy atom. The Morgan fingerprint density at radius 3 is 3.15 bits per heavy atom. The highest BCUT2D eigenvalue weighted by molar-refractivity contribution is 5.88. The summed E-state index contributed by atoms with van der Waals surface area (Å²) in [6.45, 7) is 5.28. The lowest BCUT2D eigenvalue weighted by Gasteiger charge is -2.34. The molecule has 0 spiro atoms. The molecule has 20 heavy (non-hydrogen) atoms. The van der Waals surface area contributed by atoms with Crippen LogP contribution in [0.15, 0.2) is 6.07 Å². The zero-order chi connectivity index (χ0) is 13.9. The van der Waals surface area contributed by atoms with Crippen molar-refractivity contribution in [3.63, 3.8) is 0 Å². The molecule has 1 saturated heterocycles. The average Bonchev–Trinajstić information content (AvgIpc) is 2.92. The Bertz CT molecular complexity index is 480. The third-order valence-electron chi connectivity index (χ3n) is 4.16. The quantitative estimate of drug-likeness (QED) is 0.818. The van der Waals surface area contributed by atoms with Gasteiger partial charge in [-0.1, -0.05) is 0 Å². The predicted molar refractivity (Wildman–Crippen MR) is 75.9 cm³/mol. The Balaban J connectivity index is 1.82. The predicted octanol–water partition coefficient (Wildman–Crippen LogP) is 1.42. The van der Waals surface area contributed by atoms with Crippen molar-refractivity contribution in [3.8, 4) is 0 Å². The van der Waals surface area contributed by atoms with Gasteiger partial charge in [0.1, 0.15) is 5.82 Å². The number of hydrogen-bond acceptors (Lipinski definition) is 5. The molecule has 2 N–H and O–H groups in total. The molecule has 1 fully saturated rings. The molecule has 2 unspecified atom stereocenters. The fourth-order valence-corrected chi connectivity index (χ4v) is 3.20. The maximum atomic E-state index is 11.8. The minimum absolute atomic E-state index is 0.336. The number of anilines is 1. The number of fused-ring (bicyclic) bond motifs is 1. The summed E-state index contributed by atoms with van der Waals surface area (Å²) < 4.78 is 7.02. The number of nitrogens with one attached hydrogen (secondary N) is 2. The lowest BCUT2D eigenvalue weighted by Crippen LogP contribution is -2.38. The van der Waals surface area contributed by atoms with Gasteiger partial charge in [-0.25, -0.2) is 9.48 Å². The van der Waals surface area contributed by atoms with E-state index in [2.05, 4.69) is 15.7 Å². The fourth-order valence-electron chi connectivity index (χ4n) is 3.20. The first kappa shape index (κ1) is 13.4. The molecule has 0 radical (unpaired) electrons. The number of nitrogens with zero attached hydrogens (tertiary/aromatic N) is 2. The molecule has 3 rings (SSSR count). The van der Waals surface area contributed by atoms with Crippen molar-refractivity contribution in [2.24, 2.45) is 5.92 Å². The topological polar surface area (TPSA) is 68.2 Å². The second-order valence-corrected chi connectivity index (χ2v) is 5.47. The van der Waals surface area contributed by atoms with Gasteiger partial charge in [0, 0.05) is 12.6 Å². The normalized spacial score (nSPS) is 25.6. The van der Waals surface area contributed by atoms with Crippen molar-refractivity contribution in [2.75, 3.05) is 31.6 Å². The van der Waals surface area contributed by atoms with E-state index in [4.69, 9.17) is 4.74 Å². The minimum atomic E-state index is -0.336. The standard InChI is InChI=1S/C14H22N4O2/c1-2-20-14(19)11-8-13-16-7-5-12(18(13)17-11)10-4-3-6-15-9-10/h8,10,12,15-16H,2-7,9H2,1H3. The summed E-state index contributed by atoms with van der Waals surface area (Å²) in [6, 6.07) is 2.18. The van der Waals surface area contributed by atoms with E-state index in [9.17, 15) is 4.79 Å². The van der Waals surface area contributed by atoms with E-state index in [1.54, 1.807) is 6.07 Å². The first-order valence-electron chi connectivity index (χ1n) is 7.51. The van der Waals surface area contributed by atoms with Crippen molar-refractivity contribution in [1.82, 2.24) is 15.1 Å². The highest BCUT2D eigenvalue weighted by Gasteiger charge is 2.31. The van der Waals surface area contributed by atoms with Gasteiger partial charge < -0.3 is 15.4 Å². The monoisotopic (exact) mass is 278 g/mol. The van der Waals surface area contributed by atoms with Gasteiger partial charge in [-0.15, -0.1) is 0 Å². The van der Waals surface area contributed by atoms with Crippen LogP contribution in [0.1, 0.15) is 42.7 Å². The molecule has 2 aliphatic rings.